The van der Waals surface area contributed by atoms with Crippen molar-refractivity contribution in [1.29, 1.82) is 0 Å². The van der Waals surface area contributed by atoms with Crippen LogP contribution in [0.2, 0.25) is 5.02 Å². The lowest BCUT2D eigenvalue weighted by Gasteiger charge is -2.35. The summed E-state index contributed by atoms with van der Waals surface area (Å²) in [6.07, 6.45) is 3.17. The molecule has 1 saturated heterocycles. The van der Waals surface area contributed by atoms with Crippen molar-refractivity contribution in [2.75, 3.05) is 13.1 Å². The van der Waals surface area contributed by atoms with Gasteiger partial charge in [0.2, 0.25) is 0 Å². The van der Waals surface area contributed by atoms with Gasteiger partial charge >= 0.3 is 0 Å². The van der Waals surface area contributed by atoms with Gasteiger partial charge in [0.1, 0.15) is 5.78 Å². The monoisotopic (exact) mass is 297 g/mol. The van der Waals surface area contributed by atoms with Gasteiger partial charge in [-0.05, 0) is 46.2 Å². The molecule has 2 heterocycles. The molecular weight excluding hydrogens is 274 g/mol. The highest BCUT2D eigenvalue weighted by Crippen LogP contribution is 2.35. The zero-order chi connectivity index (χ0) is 14.8. The van der Waals surface area contributed by atoms with Crippen LogP contribution in [0.1, 0.15) is 44.5 Å². The Balaban J connectivity index is 2.22. The number of halogens is 1. The zero-order valence-electron chi connectivity index (χ0n) is 12.6. The van der Waals surface area contributed by atoms with Crippen LogP contribution in [0.4, 0.5) is 0 Å². The molecule has 0 aliphatic carbocycles. The van der Waals surface area contributed by atoms with Crippen molar-refractivity contribution in [2.24, 2.45) is 5.41 Å². The van der Waals surface area contributed by atoms with Gasteiger partial charge in [0.25, 0.3) is 0 Å². The molecule has 0 spiro atoms. The van der Waals surface area contributed by atoms with E-state index in [1.807, 2.05) is 18.5 Å². The highest BCUT2D eigenvalue weighted by Gasteiger charge is 2.38. The summed E-state index contributed by atoms with van der Waals surface area (Å²) in [7, 11) is 0. The number of aryl methyl sites for hydroxylation is 2. The maximum Gasteiger partial charge on any atom is 0.145 e. The molecule has 4 nitrogen and oxygen atoms in total. The summed E-state index contributed by atoms with van der Waals surface area (Å²) in [6, 6.07) is 0. The Morgan fingerprint density at radius 2 is 2.05 bits per heavy atom. The summed E-state index contributed by atoms with van der Waals surface area (Å²) >= 11 is 6.32. The van der Waals surface area contributed by atoms with Gasteiger partial charge in [-0.1, -0.05) is 18.5 Å². The van der Waals surface area contributed by atoms with Gasteiger partial charge in [-0.15, -0.1) is 0 Å². The van der Waals surface area contributed by atoms with E-state index in [0.29, 0.717) is 17.2 Å². The Morgan fingerprint density at radius 3 is 2.60 bits per heavy atom. The zero-order valence-corrected chi connectivity index (χ0v) is 13.4. The van der Waals surface area contributed by atoms with E-state index >= 15 is 0 Å². The standard InChI is InChI=1S/C15H24ClN3O/c1-4-15(6-8-17-9-7-15)13(20)10-12-14(16)11(3)18-19(12)5-2/h17H,4-10H2,1-3H3. The fourth-order valence-corrected chi connectivity index (χ4v) is 3.31. The van der Waals surface area contributed by atoms with Crippen LogP contribution in [0, 0.1) is 12.3 Å². The number of aromatic nitrogens is 2. The predicted molar refractivity (Wildman–Crippen MR) is 81.2 cm³/mol. The van der Waals surface area contributed by atoms with Crippen LogP contribution in [0.5, 0.6) is 0 Å². The lowest BCUT2D eigenvalue weighted by Crippen LogP contribution is -2.42. The first-order chi connectivity index (χ1) is 9.54. The van der Waals surface area contributed by atoms with Crippen LogP contribution in [0.3, 0.4) is 0 Å². The average Bonchev–Trinajstić information content (AvgIpc) is 2.75. The summed E-state index contributed by atoms with van der Waals surface area (Å²) in [5.41, 5.74) is 1.51. The molecule has 0 bridgehead atoms. The van der Waals surface area contributed by atoms with E-state index in [4.69, 9.17) is 11.6 Å². The third-order valence-corrected chi connectivity index (χ3v) is 5.10. The Hall–Kier alpha value is -0.870. The molecule has 1 N–H and O–H groups in total. The highest BCUT2D eigenvalue weighted by atomic mass is 35.5. The molecule has 0 atom stereocenters. The second-order valence-corrected chi connectivity index (χ2v) is 6.02. The fraction of sp³-hybridized carbons (Fsp3) is 0.733. The molecule has 1 aromatic rings. The number of Topliss-reactive ketones (excluding diaryl/α,β-unsaturated/α-hetero) is 1. The number of hydrogen-bond acceptors (Lipinski definition) is 3. The molecule has 5 heteroatoms. The molecule has 1 aliphatic heterocycles. The number of carbonyl (C=O) groups is 1. The number of hydrogen-bond donors (Lipinski definition) is 1. The largest absolute Gasteiger partial charge is 0.317 e. The van der Waals surface area contributed by atoms with Gasteiger partial charge < -0.3 is 5.32 Å². The van der Waals surface area contributed by atoms with E-state index in [-0.39, 0.29) is 5.41 Å². The van der Waals surface area contributed by atoms with Crippen molar-refractivity contribution in [3.8, 4) is 0 Å². The van der Waals surface area contributed by atoms with Crippen LogP contribution < -0.4 is 5.32 Å². The number of nitrogens with one attached hydrogen (secondary N) is 1. The van der Waals surface area contributed by atoms with E-state index < -0.39 is 0 Å². The van der Waals surface area contributed by atoms with Crippen molar-refractivity contribution < 1.29 is 4.79 Å². The van der Waals surface area contributed by atoms with Crippen molar-refractivity contribution in [2.45, 2.75) is 53.0 Å². The van der Waals surface area contributed by atoms with Crippen molar-refractivity contribution in [1.82, 2.24) is 15.1 Å². The minimum atomic E-state index is -0.175. The van der Waals surface area contributed by atoms with Crippen LogP contribution >= 0.6 is 11.6 Å². The molecule has 0 amide bonds. The Kier molecular flexibility index (Phi) is 4.86. The SMILES string of the molecule is CCn1nc(C)c(Cl)c1CC(=O)C1(CC)CCNCC1. The van der Waals surface area contributed by atoms with Crippen LogP contribution in [0.15, 0.2) is 0 Å². The third kappa shape index (κ3) is 2.77. The maximum atomic E-state index is 12.8. The summed E-state index contributed by atoms with van der Waals surface area (Å²) in [5, 5.41) is 8.38. The van der Waals surface area contributed by atoms with Gasteiger partial charge in [-0.3, -0.25) is 9.48 Å². The predicted octanol–water partition coefficient (Wildman–Crippen LogP) is 2.76. The summed E-state index contributed by atoms with van der Waals surface area (Å²) in [6.45, 7) is 8.64. The van der Waals surface area contributed by atoms with Crippen LogP contribution in [0.25, 0.3) is 0 Å². The molecule has 1 aliphatic rings. The molecule has 2 rings (SSSR count). The number of ketones is 1. The van der Waals surface area contributed by atoms with Gasteiger partial charge in [0.05, 0.1) is 22.8 Å². The number of piperidine rings is 1. The van der Waals surface area contributed by atoms with Crippen LogP contribution in [-0.4, -0.2) is 28.7 Å². The molecule has 0 aromatic carbocycles. The first kappa shape index (κ1) is 15.5. The van der Waals surface area contributed by atoms with Gasteiger partial charge in [0, 0.05) is 12.0 Å². The maximum absolute atomic E-state index is 12.8. The summed E-state index contributed by atoms with van der Waals surface area (Å²) in [4.78, 5) is 12.8. The number of carbonyl (C=O) groups excluding carboxylic acids is 1. The minimum absolute atomic E-state index is 0.175. The molecule has 0 unspecified atom stereocenters. The van der Waals surface area contributed by atoms with Gasteiger partial charge in [0.15, 0.2) is 0 Å². The molecule has 1 fully saturated rings. The minimum Gasteiger partial charge on any atom is -0.317 e. The van der Waals surface area contributed by atoms with E-state index in [0.717, 1.165) is 50.3 Å². The highest BCUT2D eigenvalue weighted by molar-refractivity contribution is 6.32. The van der Waals surface area contributed by atoms with Crippen molar-refractivity contribution in [3.63, 3.8) is 0 Å². The lowest BCUT2D eigenvalue weighted by atomic mass is 9.72. The van der Waals surface area contributed by atoms with E-state index in [2.05, 4.69) is 17.3 Å². The normalized spacial score (nSPS) is 18.2. The lowest BCUT2D eigenvalue weighted by molar-refractivity contribution is -0.130. The van der Waals surface area contributed by atoms with Gasteiger partial charge in [-0.25, -0.2) is 0 Å². The van der Waals surface area contributed by atoms with Crippen LogP contribution in [-0.2, 0) is 17.8 Å². The number of nitrogens with zero attached hydrogens (tertiary/aromatic N) is 2. The molecule has 1 aromatic heterocycles. The third-order valence-electron chi connectivity index (χ3n) is 4.61. The summed E-state index contributed by atoms with van der Waals surface area (Å²) < 4.78 is 1.86. The quantitative estimate of drug-likeness (QED) is 0.909. The first-order valence-corrected chi connectivity index (χ1v) is 7.87. The fourth-order valence-electron chi connectivity index (χ4n) is 3.11. The van der Waals surface area contributed by atoms with E-state index in [1.54, 1.807) is 0 Å². The smallest absolute Gasteiger partial charge is 0.145 e. The second-order valence-electron chi connectivity index (χ2n) is 5.65. The molecule has 0 radical (unpaired) electrons. The summed E-state index contributed by atoms with van der Waals surface area (Å²) in [5.74, 6) is 0.318. The Bertz CT molecular complexity index is 490. The molecule has 0 saturated carbocycles. The van der Waals surface area contributed by atoms with Crippen molar-refractivity contribution >= 4 is 17.4 Å². The van der Waals surface area contributed by atoms with Gasteiger partial charge in [-0.2, -0.15) is 5.10 Å². The molecular formula is C15H24ClN3O. The van der Waals surface area contributed by atoms with E-state index in [9.17, 15) is 4.79 Å². The topological polar surface area (TPSA) is 46.9 Å². The average molecular weight is 298 g/mol. The van der Waals surface area contributed by atoms with E-state index in [1.165, 1.54) is 0 Å². The second kappa shape index (κ2) is 6.27. The molecule has 20 heavy (non-hydrogen) atoms. The molecule has 112 valence electrons. The Morgan fingerprint density at radius 1 is 1.40 bits per heavy atom. The first-order valence-electron chi connectivity index (χ1n) is 7.50. The Labute approximate surface area is 125 Å². The number of rotatable bonds is 5. The van der Waals surface area contributed by atoms with Crippen molar-refractivity contribution in [3.05, 3.63) is 16.4 Å².